The molecule has 0 radical (unpaired) electrons. The summed E-state index contributed by atoms with van der Waals surface area (Å²) in [6.07, 6.45) is 0.730. The molecule has 0 unspecified atom stereocenters. The van der Waals surface area contributed by atoms with Crippen LogP contribution in [0.4, 0.5) is 9.18 Å². The molecule has 1 N–H and O–H groups in total. The molecule has 25 heavy (non-hydrogen) atoms. The maximum Gasteiger partial charge on any atom is 0.407 e. The Hall–Kier alpha value is -1.67. The Morgan fingerprint density at radius 2 is 2.04 bits per heavy atom. The molecule has 8 heteroatoms. The van der Waals surface area contributed by atoms with Gasteiger partial charge in [-0.2, -0.15) is 4.31 Å². The molecule has 0 saturated carbocycles. The van der Waals surface area contributed by atoms with E-state index >= 15 is 0 Å². The minimum absolute atomic E-state index is 0.143. The molecule has 140 valence electrons. The van der Waals surface area contributed by atoms with Crippen molar-refractivity contribution in [3.05, 3.63) is 35.6 Å². The van der Waals surface area contributed by atoms with Crippen molar-refractivity contribution in [1.29, 1.82) is 0 Å². The predicted molar refractivity (Wildman–Crippen MR) is 93.0 cm³/mol. The van der Waals surface area contributed by atoms with Crippen molar-refractivity contribution in [3.8, 4) is 0 Å². The van der Waals surface area contributed by atoms with Gasteiger partial charge in [-0.15, -0.1) is 0 Å². The Kier molecular flexibility index (Phi) is 6.05. The van der Waals surface area contributed by atoms with E-state index < -0.39 is 33.3 Å². The zero-order valence-corrected chi connectivity index (χ0v) is 15.6. The molecular formula is C17H25FN2O4S. The summed E-state index contributed by atoms with van der Waals surface area (Å²) in [6, 6.07) is 5.52. The third-order valence-electron chi connectivity index (χ3n) is 3.79. The summed E-state index contributed by atoms with van der Waals surface area (Å²) in [5.74, 6) is -0.926. The molecule has 1 aliphatic heterocycles. The number of benzene rings is 1. The molecule has 1 saturated heterocycles. The van der Waals surface area contributed by atoms with E-state index in [1.807, 2.05) is 0 Å². The first-order valence-electron chi connectivity index (χ1n) is 8.27. The number of carbonyl (C=O) groups excluding carboxylic acids is 1. The highest BCUT2D eigenvalue weighted by molar-refractivity contribution is 7.88. The molecule has 1 atom stereocenters. The molecule has 6 nitrogen and oxygen atoms in total. The number of ether oxygens (including phenoxy) is 1. The summed E-state index contributed by atoms with van der Waals surface area (Å²) < 4.78 is 45.4. The number of hydrogen-bond donors (Lipinski definition) is 1. The van der Waals surface area contributed by atoms with Crippen molar-refractivity contribution >= 4 is 16.1 Å². The van der Waals surface area contributed by atoms with E-state index in [9.17, 15) is 17.6 Å². The zero-order chi connectivity index (χ0) is 18.7. The van der Waals surface area contributed by atoms with Crippen molar-refractivity contribution in [2.45, 2.75) is 51.0 Å². The Morgan fingerprint density at radius 1 is 1.36 bits per heavy atom. The van der Waals surface area contributed by atoms with Crippen LogP contribution in [0.15, 0.2) is 24.3 Å². The summed E-state index contributed by atoms with van der Waals surface area (Å²) in [7, 11) is -3.66. The van der Waals surface area contributed by atoms with Crippen LogP contribution >= 0.6 is 0 Å². The maximum absolute atomic E-state index is 13.7. The zero-order valence-electron chi connectivity index (χ0n) is 14.8. The lowest BCUT2D eigenvalue weighted by Crippen LogP contribution is -2.50. The molecule has 2 rings (SSSR count). The van der Waals surface area contributed by atoms with E-state index in [1.54, 1.807) is 26.8 Å². The Balaban J connectivity index is 2.00. The molecule has 1 heterocycles. The SMILES string of the molecule is CC(C)(C)OC(=O)N[C@@H]1CCCN(S(=O)(=O)Cc2ccccc2F)C1. The average molecular weight is 372 g/mol. The fraction of sp³-hybridized carbons (Fsp3) is 0.588. The van der Waals surface area contributed by atoms with Gasteiger partial charge in [0.1, 0.15) is 11.4 Å². The Bertz CT molecular complexity index is 716. The lowest BCUT2D eigenvalue weighted by Gasteiger charge is -2.33. The van der Waals surface area contributed by atoms with Gasteiger partial charge in [0.2, 0.25) is 10.0 Å². The molecule has 1 amide bonds. The van der Waals surface area contributed by atoms with E-state index in [4.69, 9.17) is 4.74 Å². The number of alkyl carbamates (subject to hydrolysis) is 1. The summed E-state index contributed by atoms with van der Waals surface area (Å²) in [5.41, 5.74) is -0.472. The number of carbonyl (C=O) groups is 1. The van der Waals surface area contributed by atoms with Gasteiger partial charge in [0.05, 0.1) is 5.75 Å². The first kappa shape index (κ1) is 19.7. The van der Waals surface area contributed by atoms with Crippen LogP contribution in [-0.4, -0.2) is 43.5 Å². The summed E-state index contributed by atoms with van der Waals surface area (Å²) >= 11 is 0. The van der Waals surface area contributed by atoms with E-state index in [1.165, 1.54) is 22.5 Å². The van der Waals surface area contributed by atoms with Gasteiger partial charge in [0.25, 0.3) is 0 Å². The van der Waals surface area contributed by atoms with Crippen LogP contribution in [0.5, 0.6) is 0 Å². The lowest BCUT2D eigenvalue weighted by atomic mass is 10.1. The number of hydrogen-bond acceptors (Lipinski definition) is 4. The smallest absolute Gasteiger partial charge is 0.407 e. The molecule has 0 aliphatic carbocycles. The Morgan fingerprint density at radius 3 is 2.68 bits per heavy atom. The second-order valence-corrected chi connectivity index (χ2v) is 9.16. The second-order valence-electron chi connectivity index (χ2n) is 7.19. The fourth-order valence-electron chi connectivity index (χ4n) is 2.69. The highest BCUT2D eigenvalue weighted by Gasteiger charge is 2.31. The summed E-state index contributed by atoms with van der Waals surface area (Å²) in [6.45, 7) is 5.81. The van der Waals surface area contributed by atoms with E-state index in [0.717, 1.165) is 0 Å². The third kappa shape index (κ3) is 5.97. The van der Waals surface area contributed by atoms with Crippen molar-refractivity contribution in [2.24, 2.45) is 0 Å². The third-order valence-corrected chi connectivity index (χ3v) is 5.59. The predicted octanol–water partition coefficient (Wildman–Crippen LogP) is 2.64. The standard InChI is InChI=1S/C17H25FN2O4S/c1-17(2,3)24-16(21)19-14-8-6-10-20(11-14)25(22,23)12-13-7-4-5-9-15(13)18/h4-5,7,9,14H,6,8,10-12H2,1-3H3,(H,19,21)/t14-/m1/s1. The molecule has 0 spiro atoms. The molecule has 1 fully saturated rings. The normalized spacial score (nSPS) is 19.4. The van der Waals surface area contributed by atoms with Crippen LogP contribution in [0.25, 0.3) is 0 Å². The monoisotopic (exact) mass is 372 g/mol. The molecule has 0 bridgehead atoms. The van der Waals surface area contributed by atoms with Gasteiger partial charge in [0.15, 0.2) is 0 Å². The molecule has 1 aromatic carbocycles. The molecule has 1 aromatic rings. The van der Waals surface area contributed by atoms with Crippen molar-refractivity contribution in [1.82, 2.24) is 9.62 Å². The number of piperidine rings is 1. The number of nitrogens with one attached hydrogen (secondary N) is 1. The van der Waals surface area contributed by atoms with Crippen LogP contribution < -0.4 is 5.32 Å². The largest absolute Gasteiger partial charge is 0.444 e. The van der Waals surface area contributed by atoms with Gasteiger partial charge in [-0.25, -0.2) is 17.6 Å². The molecule has 1 aliphatic rings. The maximum atomic E-state index is 13.7. The highest BCUT2D eigenvalue weighted by atomic mass is 32.2. The van der Waals surface area contributed by atoms with E-state index in [0.29, 0.717) is 19.4 Å². The van der Waals surface area contributed by atoms with Crippen LogP contribution in [0.2, 0.25) is 0 Å². The number of sulfonamides is 1. The van der Waals surface area contributed by atoms with Gasteiger partial charge in [-0.05, 0) is 39.7 Å². The summed E-state index contributed by atoms with van der Waals surface area (Å²) in [5, 5.41) is 2.71. The van der Waals surface area contributed by atoms with Crippen LogP contribution in [-0.2, 0) is 20.5 Å². The highest BCUT2D eigenvalue weighted by Crippen LogP contribution is 2.19. The quantitative estimate of drug-likeness (QED) is 0.882. The molecule has 0 aromatic heterocycles. The van der Waals surface area contributed by atoms with Crippen molar-refractivity contribution in [2.75, 3.05) is 13.1 Å². The minimum atomic E-state index is -3.66. The first-order chi connectivity index (χ1) is 11.6. The topological polar surface area (TPSA) is 75.7 Å². The molecular weight excluding hydrogens is 347 g/mol. The van der Waals surface area contributed by atoms with Crippen molar-refractivity contribution < 1.29 is 22.3 Å². The lowest BCUT2D eigenvalue weighted by molar-refractivity contribution is 0.0487. The van der Waals surface area contributed by atoms with Crippen LogP contribution in [0, 0.1) is 5.82 Å². The van der Waals surface area contributed by atoms with Crippen LogP contribution in [0.3, 0.4) is 0 Å². The second kappa shape index (κ2) is 7.70. The van der Waals surface area contributed by atoms with Gasteiger partial charge in [0, 0.05) is 24.7 Å². The van der Waals surface area contributed by atoms with Gasteiger partial charge < -0.3 is 10.1 Å². The number of amides is 1. The first-order valence-corrected chi connectivity index (χ1v) is 9.88. The number of halogens is 1. The Labute approximate surface area is 148 Å². The van der Waals surface area contributed by atoms with E-state index in [2.05, 4.69) is 5.32 Å². The minimum Gasteiger partial charge on any atom is -0.444 e. The summed E-state index contributed by atoms with van der Waals surface area (Å²) in [4.78, 5) is 11.9. The van der Waals surface area contributed by atoms with Crippen molar-refractivity contribution in [3.63, 3.8) is 0 Å². The number of rotatable bonds is 4. The van der Waals surface area contributed by atoms with Gasteiger partial charge >= 0.3 is 6.09 Å². The average Bonchev–Trinajstić information content (AvgIpc) is 2.48. The fourth-order valence-corrected chi connectivity index (χ4v) is 4.31. The van der Waals surface area contributed by atoms with Gasteiger partial charge in [-0.1, -0.05) is 18.2 Å². The van der Waals surface area contributed by atoms with E-state index in [-0.39, 0.29) is 18.2 Å². The van der Waals surface area contributed by atoms with Gasteiger partial charge in [-0.3, -0.25) is 0 Å². The van der Waals surface area contributed by atoms with Crippen LogP contribution in [0.1, 0.15) is 39.2 Å². The number of nitrogens with zero attached hydrogens (tertiary/aromatic N) is 1.